The van der Waals surface area contributed by atoms with Crippen LogP contribution in [0.15, 0.2) is 29.4 Å². The molecule has 2 saturated heterocycles. The summed E-state index contributed by atoms with van der Waals surface area (Å²) in [7, 11) is 1.55. The van der Waals surface area contributed by atoms with Gasteiger partial charge in [0, 0.05) is 37.9 Å². The van der Waals surface area contributed by atoms with Crippen molar-refractivity contribution in [3.63, 3.8) is 0 Å². The lowest BCUT2D eigenvalue weighted by molar-refractivity contribution is -0.144. The summed E-state index contributed by atoms with van der Waals surface area (Å²) in [6.07, 6.45) is 1.98. The molecule has 4 N–H and O–H groups in total. The van der Waals surface area contributed by atoms with Gasteiger partial charge in [0.25, 0.3) is 11.8 Å². The van der Waals surface area contributed by atoms with Crippen molar-refractivity contribution in [3.05, 3.63) is 35.4 Å². The SMILES string of the molecule is CCC[C@H](NC(=O)[C@@H]1C[C@]2(CC(c3ccc(C(=O)NC)cc3)=NO2)CN1C(=O)[C@@H](NC(=O)O[C@H]1CCOC1)C(C)(C)C)C(=O)C(=O)NC1CC1. The molecule has 272 valence electrons. The molecular formula is C35H48N6O9. The molecule has 5 atom stereocenters. The predicted molar refractivity (Wildman–Crippen MR) is 180 cm³/mol. The number of carbonyl (C=O) groups excluding carboxylic acids is 6. The molecule has 0 bridgehead atoms. The number of hydrogen-bond donors (Lipinski definition) is 4. The van der Waals surface area contributed by atoms with Crippen molar-refractivity contribution in [2.45, 2.75) is 109 Å². The van der Waals surface area contributed by atoms with Gasteiger partial charge < -0.3 is 40.5 Å². The van der Waals surface area contributed by atoms with Gasteiger partial charge in [-0.2, -0.15) is 0 Å². The normalized spacial score (nSPS) is 24.1. The van der Waals surface area contributed by atoms with E-state index in [1.54, 1.807) is 52.1 Å². The fourth-order valence-corrected chi connectivity index (χ4v) is 6.43. The highest BCUT2D eigenvalue weighted by atomic mass is 16.7. The van der Waals surface area contributed by atoms with Gasteiger partial charge in [-0.05, 0) is 42.4 Å². The first-order chi connectivity index (χ1) is 23.7. The van der Waals surface area contributed by atoms with E-state index < -0.39 is 64.8 Å². The van der Waals surface area contributed by atoms with E-state index in [0.29, 0.717) is 36.3 Å². The number of Topliss-reactive ketones (excluding diaryl/α,β-unsaturated/α-hetero) is 1. The van der Waals surface area contributed by atoms with Crippen LogP contribution in [0.5, 0.6) is 0 Å². The summed E-state index contributed by atoms with van der Waals surface area (Å²) in [5, 5.41) is 15.1. The van der Waals surface area contributed by atoms with Gasteiger partial charge in [-0.25, -0.2) is 4.79 Å². The molecule has 1 aromatic carbocycles. The van der Waals surface area contributed by atoms with Crippen LogP contribution in [0, 0.1) is 5.41 Å². The van der Waals surface area contributed by atoms with Gasteiger partial charge in [0.1, 0.15) is 18.2 Å². The minimum atomic E-state index is -1.11. The summed E-state index contributed by atoms with van der Waals surface area (Å²) < 4.78 is 10.8. The molecule has 15 heteroatoms. The molecule has 5 amide bonds. The molecule has 1 aliphatic carbocycles. The van der Waals surface area contributed by atoms with Crippen molar-refractivity contribution >= 4 is 41.2 Å². The molecule has 5 rings (SSSR count). The molecule has 3 fully saturated rings. The first-order valence-corrected chi connectivity index (χ1v) is 17.3. The Hall–Kier alpha value is -4.53. The van der Waals surface area contributed by atoms with Crippen molar-refractivity contribution in [2.24, 2.45) is 10.6 Å². The van der Waals surface area contributed by atoms with Crippen LogP contribution in [-0.2, 0) is 33.5 Å². The predicted octanol–water partition coefficient (Wildman–Crippen LogP) is 1.57. The molecule has 15 nitrogen and oxygen atoms in total. The van der Waals surface area contributed by atoms with E-state index in [0.717, 1.165) is 12.8 Å². The van der Waals surface area contributed by atoms with Crippen LogP contribution in [0.25, 0.3) is 0 Å². The molecule has 0 aromatic heterocycles. The average Bonchev–Trinajstić information content (AvgIpc) is 3.43. The Labute approximate surface area is 291 Å². The molecular weight excluding hydrogens is 648 g/mol. The second kappa shape index (κ2) is 15.2. The number of nitrogens with zero attached hydrogens (tertiary/aromatic N) is 2. The van der Waals surface area contributed by atoms with E-state index in [-0.39, 0.29) is 44.4 Å². The fourth-order valence-electron chi connectivity index (χ4n) is 6.43. The second-order valence-corrected chi connectivity index (χ2v) is 14.6. The molecule has 1 aromatic rings. The molecule has 1 saturated carbocycles. The van der Waals surface area contributed by atoms with E-state index in [2.05, 4.69) is 26.4 Å². The van der Waals surface area contributed by atoms with Gasteiger partial charge in [-0.15, -0.1) is 0 Å². The molecule has 4 aliphatic rings. The first-order valence-electron chi connectivity index (χ1n) is 17.3. The van der Waals surface area contributed by atoms with Gasteiger partial charge in [-0.1, -0.05) is 51.4 Å². The molecule has 50 heavy (non-hydrogen) atoms. The van der Waals surface area contributed by atoms with Crippen molar-refractivity contribution in [3.8, 4) is 0 Å². The van der Waals surface area contributed by atoms with Crippen LogP contribution >= 0.6 is 0 Å². The second-order valence-electron chi connectivity index (χ2n) is 14.6. The van der Waals surface area contributed by atoms with Crippen LogP contribution < -0.4 is 21.3 Å². The maximum atomic E-state index is 14.5. The monoisotopic (exact) mass is 696 g/mol. The maximum Gasteiger partial charge on any atom is 0.408 e. The highest BCUT2D eigenvalue weighted by molar-refractivity contribution is 6.38. The number of alkyl carbamates (subject to hydrolysis) is 1. The third-order valence-electron chi connectivity index (χ3n) is 9.42. The lowest BCUT2D eigenvalue weighted by Crippen LogP contribution is -2.59. The summed E-state index contributed by atoms with van der Waals surface area (Å²) in [5.74, 6) is -2.88. The van der Waals surface area contributed by atoms with Crippen LogP contribution in [0.2, 0.25) is 0 Å². The largest absolute Gasteiger partial charge is 0.444 e. The van der Waals surface area contributed by atoms with E-state index in [1.807, 2.05) is 6.92 Å². The van der Waals surface area contributed by atoms with Gasteiger partial charge in [0.15, 0.2) is 5.60 Å². The number of benzene rings is 1. The summed E-state index contributed by atoms with van der Waals surface area (Å²) in [5.41, 5.74) is -0.133. The number of oxime groups is 1. The summed E-state index contributed by atoms with van der Waals surface area (Å²) in [6.45, 7) is 7.91. The van der Waals surface area contributed by atoms with Crippen molar-refractivity contribution < 1.29 is 43.1 Å². The zero-order valence-electron chi connectivity index (χ0n) is 29.3. The summed E-state index contributed by atoms with van der Waals surface area (Å²) >= 11 is 0. The molecule has 3 heterocycles. The van der Waals surface area contributed by atoms with Crippen molar-refractivity contribution in [2.75, 3.05) is 26.8 Å². The molecule has 0 unspecified atom stereocenters. The quantitative estimate of drug-likeness (QED) is 0.235. The van der Waals surface area contributed by atoms with Crippen LogP contribution in [-0.4, -0.2) is 109 Å². The Morgan fingerprint density at radius 3 is 2.38 bits per heavy atom. The average molecular weight is 697 g/mol. The number of hydrogen-bond acceptors (Lipinski definition) is 10. The Kier molecular flexibility index (Phi) is 11.1. The van der Waals surface area contributed by atoms with Crippen LogP contribution in [0.4, 0.5) is 4.79 Å². The van der Waals surface area contributed by atoms with Gasteiger partial charge in [0.2, 0.25) is 17.6 Å². The Morgan fingerprint density at radius 1 is 1.06 bits per heavy atom. The number of likely N-dealkylation sites (tertiary alicyclic amines) is 1. The van der Waals surface area contributed by atoms with Gasteiger partial charge in [0.05, 0.1) is 31.5 Å². The number of rotatable bonds is 12. The number of ketones is 1. The fraction of sp³-hybridized carbons (Fsp3) is 0.629. The Balaban J connectivity index is 1.38. The van der Waals surface area contributed by atoms with Crippen molar-refractivity contribution in [1.82, 2.24) is 26.2 Å². The minimum absolute atomic E-state index is 0.0318. The number of nitrogens with one attached hydrogen (secondary N) is 4. The molecule has 1 spiro atoms. The van der Waals surface area contributed by atoms with Crippen LogP contribution in [0.1, 0.15) is 88.6 Å². The van der Waals surface area contributed by atoms with E-state index in [4.69, 9.17) is 14.3 Å². The Bertz CT molecular complexity index is 1510. The first kappa shape index (κ1) is 36.7. The Morgan fingerprint density at radius 2 is 1.78 bits per heavy atom. The van der Waals surface area contributed by atoms with E-state index >= 15 is 0 Å². The smallest absolute Gasteiger partial charge is 0.408 e. The maximum absolute atomic E-state index is 14.5. The minimum Gasteiger partial charge on any atom is -0.444 e. The summed E-state index contributed by atoms with van der Waals surface area (Å²) in [6, 6.07) is 3.51. The zero-order valence-corrected chi connectivity index (χ0v) is 29.3. The number of amides is 5. The van der Waals surface area contributed by atoms with E-state index in [1.165, 1.54) is 4.90 Å². The number of carbonyl (C=O) groups is 6. The lowest BCUT2D eigenvalue weighted by atomic mass is 9.85. The lowest BCUT2D eigenvalue weighted by Gasteiger charge is -2.35. The highest BCUT2D eigenvalue weighted by Gasteiger charge is 2.56. The summed E-state index contributed by atoms with van der Waals surface area (Å²) in [4.78, 5) is 86.8. The van der Waals surface area contributed by atoms with Crippen LogP contribution in [0.3, 0.4) is 0 Å². The zero-order chi connectivity index (χ0) is 36.2. The molecule has 3 aliphatic heterocycles. The van der Waals surface area contributed by atoms with Gasteiger partial charge in [-0.3, -0.25) is 24.0 Å². The van der Waals surface area contributed by atoms with Crippen molar-refractivity contribution in [1.29, 1.82) is 0 Å². The van der Waals surface area contributed by atoms with E-state index in [9.17, 15) is 28.8 Å². The van der Waals surface area contributed by atoms with Gasteiger partial charge >= 0.3 is 6.09 Å². The third-order valence-corrected chi connectivity index (χ3v) is 9.42. The topological polar surface area (TPSA) is 194 Å². The number of ether oxygens (including phenoxy) is 2. The molecule has 0 radical (unpaired) electrons. The highest BCUT2D eigenvalue weighted by Crippen LogP contribution is 2.40. The third kappa shape index (κ3) is 8.60. The standard InChI is InChI=1S/C35H48N6O9/c1-6-7-24(27(42)31(45)37-22-12-13-22)38-30(44)26-17-35(16-25(40-50-35)20-8-10-21(11-9-20)29(43)36-5)19-41(26)32(46)28(34(2,3)4)39-33(47)49-23-14-15-48-18-23/h8-11,22-24,26,28H,6-7,12-19H2,1-5H3,(H,36,43)(H,37,45)(H,38,44)(H,39,47)/t23-,24-,26-,28+,35+/m0/s1.